The summed E-state index contributed by atoms with van der Waals surface area (Å²) in [6.07, 6.45) is 3.98. The molecule has 1 rings (SSSR count). The summed E-state index contributed by atoms with van der Waals surface area (Å²) in [4.78, 5) is 25.1. The van der Waals surface area contributed by atoms with Gasteiger partial charge in [-0.05, 0) is 37.1 Å². The van der Waals surface area contributed by atoms with Crippen molar-refractivity contribution >= 4 is 23.2 Å². The van der Waals surface area contributed by atoms with E-state index in [1.165, 1.54) is 6.92 Å². The molecule has 0 fully saturated rings. The second kappa shape index (κ2) is 8.45. The Hall–Kier alpha value is -1.84. The van der Waals surface area contributed by atoms with E-state index in [1.54, 1.807) is 11.9 Å². The van der Waals surface area contributed by atoms with Gasteiger partial charge in [-0.1, -0.05) is 26.7 Å². The number of anilines is 2. The molecule has 4 nitrogen and oxygen atoms in total. The van der Waals surface area contributed by atoms with E-state index in [-0.39, 0.29) is 17.7 Å². The van der Waals surface area contributed by atoms with Crippen LogP contribution in [-0.2, 0) is 9.59 Å². The van der Waals surface area contributed by atoms with E-state index in [0.29, 0.717) is 0 Å². The molecular formula is C17H26N2O2. The minimum atomic E-state index is -0.0163. The molecular weight excluding hydrogens is 264 g/mol. The summed E-state index contributed by atoms with van der Waals surface area (Å²) in [5, 5.41) is 2.95. The van der Waals surface area contributed by atoms with Crippen molar-refractivity contribution < 1.29 is 9.59 Å². The first-order valence-corrected chi connectivity index (χ1v) is 7.64. The van der Waals surface area contributed by atoms with Crippen molar-refractivity contribution in [2.45, 2.75) is 46.5 Å². The van der Waals surface area contributed by atoms with E-state index < -0.39 is 0 Å². The SMILES string of the molecule is CCCC[C@@H](CC)C(=O)Nc1ccc(N(C)C(C)=O)cc1. The highest BCUT2D eigenvalue weighted by Gasteiger charge is 2.16. The van der Waals surface area contributed by atoms with Crippen LogP contribution in [0.1, 0.15) is 46.5 Å². The molecule has 0 saturated carbocycles. The van der Waals surface area contributed by atoms with Gasteiger partial charge in [0, 0.05) is 31.3 Å². The fraction of sp³-hybridized carbons (Fsp3) is 0.529. The van der Waals surface area contributed by atoms with Gasteiger partial charge in [0.1, 0.15) is 0 Å². The van der Waals surface area contributed by atoms with Crippen LogP contribution in [-0.4, -0.2) is 18.9 Å². The van der Waals surface area contributed by atoms with Crippen LogP contribution in [0.25, 0.3) is 0 Å². The molecule has 0 aliphatic heterocycles. The number of carbonyl (C=O) groups excluding carboxylic acids is 2. The smallest absolute Gasteiger partial charge is 0.227 e. The quantitative estimate of drug-likeness (QED) is 0.829. The number of hydrogen-bond acceptors (Lipinski definition) is 2. The van der Waals surface area contributed by atoms with Crippen molar-refractivity contribution in [1.82, 2.24) is 0 Å². The third-order valence-corrected chi connectivity index (χ3v) is 3.76. The highest BCUT2D eigenvalue weighted by Crippen LogP contribution is 2.19. The summed E-state index contributed by atoms with van der Waals surface area (Å²) in [6.45, 7) is 5.70. The van der Waals surface area contributed by atoms with Crippen molar-refractivity contribution in [2.75, 3.05) is 17.3 Å². The standard InChI is InChI=1S/C17H26N2O2/c1-5-7-8-14(6-2)17(21)18-15-9-11-16(12-10-15)19(4)13(3)20/h9-12,14H,5-8H2,1-4H3,(H,18,21)/t14-/m1/s1. The molecule has 0 bridgehead atoms. The second-order valence-electron chi connectivity index (χ2n) is 5.36. The Morgan fingerprint density at radius 2 is 1.81 bits per heavy atom. The predicted molar refractivity (Wildman–Crippen MR) is 87.5 cm³/mol. The molecule has 1 aromatic carbocycles. The van der Waals surface area contributed by atoms with Crippen LogP contribution in [0.3, 0.4) is 0 Å². The van der Waals surface area contributed by atoms with Gasteiger partial charge >= 0.3 is 0 Å². The first kappa shape index (κ1) is 17.2. The van der Waals surface area contributed by atoms with Gasteiger partial charge in [-0.2, -0.15) is 0 Å². The number of rotatable bonds is 7. The summed E-state index contributed by atoms with van der Waals surface area (Å²) in [5.74, 6) is 0.139. The summed E-state index contributed by atoms with van der Waals surface area (Å²) >= 11 is 0. The van der Waals surface area contributed by atoms with Crippen LogP contribution in [0.5, 0.6) is 0 Å². The Morgan fingerprint density at radius 1 is 1.19 bits per heavy atom. The van der Waals surface area contributed by atoms with Crippen molar-refractivity contribution in [2.24, 2.45) is 5.92 Å². The van der Waals surface area contributed by atoms with Crippen LogP contribution >= 0.6 is 0 Å². The third-order valence-electron chi connectivity index (χ3n) is 3.76. The van der Waals surface area contributed by atoms with Gasteiger partial charge in [0.15, 0.2) is 0 Å². The van der Waals surface area contributed by atoms with Crippen LogP contribution in [0.2, 0.25) is 0 Å². The number of unbranched alkanes of at least 4 members (excludes halogenated alkanes) is 1. The maximum Gasteiger partial charge on any atom is 0.227 e. The lowest BCUT2D eigenvalue weighted by Crippen LogP contribution is -2.23. The number of nitrogens with zero attached hydrogens (tertiary/aromatic N) is 1. The van der Waals surface area contributed by atoms with Crippen LogP contribution in [0, 0.1) is 5.92 Å². The van der Waals surface area contributed by atoms with Gasteiger partial charge < -0.3 is 10.2 Å². The highest BCUT2D eigenvalue weighted by atomic mass is 16.2. The lowest BCUT2D eigenvalue weighted by molar-refractivity contribution is -0.120. The number of nitrogens with one attached hydrogen (secondary N) is 1. The van der Waals surface area contributed by atoms with Gasteiger partial charge in [0.25, 0.3) is 0 Å². The number of amides is 2. The van der Waals surface area contributed by atoms with Crippen LogP contribution in [0.15, 0.2) is 24.3 Å². The lowest BCUT2D eigenvalue weighted by Gasteiger charge is -2.17. The van der Waals surface area contributed by atoms with E-state index in [2.05, 4.69) is 12.2 Å². The number of benzene rings is 1. The van der Waals surface area contributed by atoms with E-state index in [9.17, 15) is 9.59 Å². The largest absolute Gasteiger partial charge is 0.326 e. The molecule has 0 aromatic heterocycles. The fourth-order valence-corrected chi connectivity index (χ4v) is 2.17. The first-order valence-electron chi connectivity index (χ1n) is 7.64. The zero-order valence-electron chi connectivity index (χ0n) is 13.5. The summed E-state index contributed by atoms with van der Waals surface area (Å²) in [7, 11) is 1.73. The Balaban J connectivity index is 2.66. The Bertz CT molecular complexity index is 468. The molecule has 0 unspecified atom stereocenters. The number of carbonyl (C=O) groups is 2. The van der Waals surface area contributed by atoms with Crippen LogP contribution < -0.4 is 10.2 Å². The maximum absolute atomic E-state index is 12.2. The average molecular weight is 290 g/mol. The zero-order valence-corrected chi connectivity index (χ0v) is 13.5. The third kappa shape index (κ3) is 5.21. The monoisotopic (exact) mass is 290 g/mol. The van der Waals surface area contributed by atoms with Gasteiger partial charge in [-0.25, -0.2) is 0 Å². The molecule has 116 valence electrons. The molecule has 2 amide bonds. The molecule has 21 heavy (non-hydrogen) atoms. The van der Waals surface area contributed by atoms with Gasteiger partial charge in [0.2, 0.25) is 11.8 Å². The van der Waals surface area contributed by atoms with Crippen molar-refractivity contribution in [3.05, 3.63) is 24.3 Å². The molecule has 0 radical (unpaired) electrons. The average Bonchev–Trinajstić information content (AvgIpc) is 2.48. The van der Waals surface area contributed by atoms with Crippen molar-refractivity contribution in [3.63, 3.8) is 0 Å². The fourth-order valence-electron chi connectivity index (χ4n) is 2.17. The zero-order chi connectivity index (χ0) is 15.8. The lowest BCUT2D eigenvalue weighted by atomic mass is 9.98. The van der Waals surface area contributed by atoms with E-state index in [4.69, 9.17) is 0 Å². The number of hydrogen-bond donors (Lipinski definition) is 1. The second-order valence-corrected chi connectivity index (χ2v) is 5.36. The Morgan fingerprint density at radius 3 is 2.29 bits per heavy atom. The summed E-state index contributed by atoms with van der Waals surface area (Å²) in [6, 6.07) is 7.34. The normalized spacial score (nSPS) is 11.8. The molecule has 0 aliphatic rings. The molecule has 4 heteroatoms. The topological polar surface area (TPSA) is 49.4 Å². The molecule has 1 N–H and O–H groups in total. The maximum atomic E-state index is 12.2. The van der Waals surface area contributed by atoms with Gasteiger partial charge in [-0.3, -0.25) is 9.59 Å². The van der Waals surface area contributed by atoms with E-state index in [0.717, 1.165) is 37.1 Å². The highest BCUT2D eigenvalue weighted by molar-refractivity contribution is 5.94. The molecule has 1 atom stereocenters. The van der Waals surface area contributed by atoms with Gasteiger partial charge in [0.05, 0.1) is 0 Å². The Labute approximate surface area is 127 Å². The van der Waals surface area contributed by atoms with E-state index in [1.807, 2.05) is 31.2 Å². The molecule has 0 aliphatic carbocycles. The minimum Gasteiger partial charge on any atom is -0.326 e. The molecule has 0 saturated heterocycles. The molecule has 0 heterocycles. The first-order chi connectivity index (χ1) is 9.99. The molecule has 1 aromatic rings. The van der Waals surface area contributed by atoms with Crippen molar-refractivity contribution in [1.29, 1.82) is 0 Å². The molecule has 0 spiro atoms. The van der Waals surface area contributed by atoms with Crippen molar-refractivity contribution in [3.8, 4) is 0 Å². The van der Waals surface area contributed by atoms with Gasteiger partial charge in [-0.15, -0.1) is 0 Å². The summed E-state index contributed by atoms with van der Waals surface area (Å²) in [5.41, 5.74) is 1.59. The summed E-state index contributed by atoms with van der Waals surface area (Å²) < 4.78 is 0. The minimum absolute atomic E-state index is 0.0163. The predicted octanol–water partition coefficient (Wildman–Crippen LogP) is 3.82. The Kier molecular flexibility index (Phi) is 6.92. The van der Waals surface area contributed by atoms with Crippen LogP contribution in [0.4, 0.5) is 11.4 Å². The van der Waals surface area contributed by atoms with E-state index >= 15 is 0 Å².